The number of amides is 1. The topological polar surface area (TPSA) is 29.5 Å². The first-order valence-electron chi connectivity index (χ1n) is 4.21. The summed E-state index contributed by atoms with van der Waals surface area (Å²) in [6.45, 7) is 5.48. The van der Waals surface area contributed by atoms with Gasteiger partial charge < -0.3 is 7.97 Å². The van der Waals surface area contributed by atoms with Gasteiger partial charge in [-0.1, -0.05) is 13.8 Å². The molecule has 1 atom stereocenters. The summed E-state index contributed by atoms with van der Waals surface area (Å²) in [7, 11) is 0. The Bertz CT molecular complexity index is 172. The summed E-state index contributed by atoms with van der Waals surface area (Å²) in [5.41, 5.74) is 0. The van der Waals surface area contributed by atoms with Crippen LogP contribution in [-0.2, 0) is 7.86 Å². The summed E-state index contributed by atoms with van der Waals surface area (Å²) in [4.78, 5) is 13.4. The minimum absolute atomic E-state index is 0.109. The van der Waals surface area contributed by atoms with E-state index in [1.165, 1.54) is 0 Å². The van der Waals surface area contributed by atoms with Gasteiger partial charge in [0.25, 0.3) is 0 Å². The number of hydrogen-bond acceptors (Lipinski definition) is 2. The molecule has 4 heteroatoms. The molecule has 70 valence electrons. The lowest BCUT2D eigenvalue weighted by atomic mass is 10.2. The molecule has 0 radical (unpaired) electrons. The number of carbonyl (C=O) groups is 1. The lowest BCUT2D eigenvalue weighted by molar-refractivity contribution is -0.133. The molecule has 0 aromatic heterocycles. The van der Waals surface area contributed by atoms with Gasteiger partial charge in [-0.15, -0.1) is 0 Å². The normalized spacial score (nSPS) is 23.7. The number of halogens is 1. The third-order valence-electron chi connectivity index (χ3n) is 2.08. The average Bonchev–Trinajstić information content (AvgIpc) is 2.50. The van der Waals surface area contributed by atoms with Crippen molar-refractivity contribution in [3.05, 3.63) is 0 Å². The first-order valence-corrected chi connectivity index (χ1v) is 5.09. The maximum atomic E-state index is 11.5. The molecule has 0 saturated carbocycles. The Balaban J connectivity index is 2.41. The second-order valence-corrected chi connectivity index (χ2v) is 3.95. The third kappa shape index (κ3) is 2.32. The van der Waals surface area contributed by atoms with Gasteiger partial charge in [0.05, 0.1) is 6.10 Å². The van der Waals surface area contributed by atoms with Gasteiger partial charge in [0.2, 0.25) is 5.91 Å². The van der Waals surface area contributed by atoms with Crippen molar-refractivity contribution < 1.29 is 7.86 Å². The Hall–Kier alpha value is 0.160. The number of nitrogens with zero attached hydrogens (tertiary/aromatic N) is 1. The second kappa shape index (κ2) is 4.41. The van der Waals surface area contributed by atoms with E-state index in [4.69, 9.17) is 3.07 Å². The third-order valence-corrected chi connectivity index (χ3v) is 2.80. The van der Waals surface area contributed by atoms with Crippen molar-refractivity contribution in [1.29, 1.82) is 0 Å². The Kier molecular flexibility index (Phi) is 3.77. The van der Waals surface area contributed by atoms with Gasteiger partial charge in [0, 0.05) is 19.0 Å². The van der Waals surface area contributed by atoms with Crippen molar-refractivity contribution in [2.24, 2.45) is 5.92 Å². The largest absolute Gasteiger partial charge is 0.340 e. The molecule has 1 aliphatic heterocycles. The fourth-order valence-electron chi connectivity index (χ4n) is 1.37. The summed E-state index contributed by atoms with van der Waals surface area (Å²) >= 11 is 1.90. The van der Waals surface area contributed by atoms with Crippen LogP contribution in [0.25, 0.3) is 0 Å². The van der Waals surface area contributed by atoms with Crippen LogP contribution in [0.4, 0.5) is 0 Å². The Labute approximate surface area is 87.1 Å². The molecule has 1 unspecified atom stereocenters. The minimum atomic E-state index is 0.109. The first-order chi connectivity index (χ1) is 5.65. The fraction of sp³-hybridized carbons (Fsp3) is 0.875. The van der Waals surface area contributed by atoms with Gasteiger partial charge in [-0.2, -0.15) is 0 Å². The molecule has 1 aliphatic rings. The van der Waals surface area contributed by atoms with Crippen molar-refractivity contribution in [3.63, 3.8) is 0 Å². The van der Waals surface area contributed by atoms with Crippen LogP contribution in [0.15, 0.2) is 0 Å². The quantitative estimate of drug-likeness (QED) is 0.721. The zero-order valence-electron chi connectivity index (χ0n) is 7.42. The lowest BCUT2D eigenvalue weighted by Crippen LogP contribution is -2.32. The van der Waals surface area contributed by atoms with Crippen LogP contribution in [0.1, 0.15) is 20.3 Å². The van der Waals surface area contributed by atoms with E-state index in [1.807, 2.05) is 41.8 Å². The molecule has 1 rings (SSSR count). The van der Waals surface area contributed by atoms with E-state index in [1.54, 1.807) is 0 Å². The number of hydrogen-bond donors (Lipinski definition) is 0. The Morgan fingerprint density at radius 3 is 2.75 bits per heavy atom. The molecule has 0 aromatic rings. The van der Waals surface area contributed by atoms with Gasteiger partial charge in [-0.25, -0.2) is 0 Å². The molecule has 1 heterocycles. The SMILES string of the molecule is CC(C)C(=O)N1CCC(OI)C1. The van der Waals surface area contributed by atoms with Gasteiger partial charge in [0.15, 0.2) is 0 Å². The van der Waals surface area contributed by atoms with E-state index in [-0.39, 0.29) is 17.9 Å². The minimum Gasteiger partial charge on any atom is -0.340 e. The van der Waals surface area contributed by atoms with E-state index >= 15 is 0 Å². The van der Waals surface area contributed by atoms with Crippen LogP contribution < -0.4 is 0 Å². The van der Waals surface area contributed by atoms with Crippen LogP contribution in [-0.4, -0.2) is 30.0 Å². The fourth-order valence-corrected chi connectivity index (χ4v) is 1.78. The molecule has 1 amide bonds. The van der Waals surface area contributed by atoms with Crippen LogP contribution in [0, 0.1) is 5.92 Å². The van der Waals surface area contributed by atoms with Crippen LogP contribution in [0.3, 0.4) is 0 Å². The van der Waals surface area contributed by atoms with Gasteiger partial charge >= 0.3 is 0 Å². The lowest BCUT2D eigenvalue weighted by Gasteiger charge is -2.17. The first kappa shape index (κ1) is 10.2. The molecular formula is C8H14INO2. The second-order valence-electron chi connectivity index (χ2n) is 3.44. The van der Waals surface area contributed by atoms with Crippen LogP contribution >= 0.6 is 23.0 Å². The molecule has 0 aromatic carbocycles. The van der Waals surface area contributed by atoms with E-state index in [9.17, 15) is 4.79 Å². The van der Waals surface area contributed by atoms with E-state index in [2.05, 4.69) is 0 Å². The molecule has 12 heavy (non-hydrogen) atoms. The zero-order chi connectivity index (χ0) is 9.14. The predicted octanol–water partition coefficient (Wildman–Crippen LogP) is 1.61. The maximum Gasteiger partial charge on any atom is 0.225 e. The number of carbonyl (C=O) groups excluding carboxylic acids is 1. The molecular weight excluding hydrogens is 269 g/mol. The highest BCUT2D eigenvalue weighted by molar-refractivity contribution is 14.1. The van der Waals surface area contributed by atoms with Crippen LogP contribution in [0.2, 0.25) is 0 Å². The van der Waals surface area contributed by atoms with E-state index < -0.39 is 0 Å². The monoisotopic (exact) mass is 283 g/mol. The smallest absolute Gasteiger partial charge is 0.225 e. The standard InChI is InChI=1S/C8H14INO2/c1-6(2)8(11)10-4-3-7(5-10)12-9/h6-7H,3-5H2,1-2H3. The van der Waals surface area contributed by atoms with Gasteiger partial charge in [-0.05, 0) is 6.42 Å². The molecule has 0 N–H and O–H groups in total. The highest BCUT2D eigenvalue weighted by atomic mass is 127. The summed E-state index contributed by atoms with van der Waals surface area (Å²) < 4.78 is 5.15. The molecule has 0 spiro atoms. The van der Waals surface area contributed by atoms with Crippen molar-refractivity contribution in [2.45, 2.75) is 26.4 Å². The summed E-state index contributed by atoms with van der Waals surface area (Å²) in [6.07, 6.45) is 1.22. The summed E-state index contributed by atoms with van der Waals surface area (Å²) in [5, 5.41) is 0. The average molecular weight is 283 g/mol. The zero-order valence-corrected chi connectivity index (χ0v) is 9.58. The van der Waals surface area contributed by atoms with Crippen molar-refractivity contribution >= 4 is 28.9 Å². The van der Waals surface area contributed by atoms with E-state index in [0.29, 0.717) is 0 Å². The van der Waals surface area contributed by atoms with Crippen molar-refractivity contribution in [3.8, 4) is 0 Å². The van der Waals surface area contributed by atoms with Gasteiger partial charge in [0.1, 0.15) is 23.0 Å². The Morgan fingerprint density at radius 1 is 1.67 bits per heavy atom. The molecule has 0 aliphatic carbocycles. The molecule has 1 saturated heterocycles. The van der Waals surface area contributed by atoms with Crippen molar-refractivity contribution in [1.82, 2.24) is 4.90 Å². The summed E-state index contributed by atoms with van der Waals surface area (Å²) in [5.74, 6) is 0.351. The van der Waals surface area contributed by atoms with Gasteiger partial charge in [-0.3, -0.25) is 4.79 Å². The molecule has 3 nitrogen and oxygen atoms in total. The number of likely N-dealkylation sites (tertiary alicyclic amines) is 1. The maximum absolute atomic E-state index is 11.5. The molecule has 0 bridgehead atoms. The highest BCUT2D eigenvalue weighted by Gasteiger charge is 2.27. The highest BCUT2D eigenvalue weighted by Crippen LogP contribution is 2.16. The van der Waals surface area contributed by atoms with Crippen LogP contribution in [0.5, 0.6) is 0 Å². The predicted molar refractivity (Wildman–Crippen MR) is 54.9 cm³/mol. The van der Waals surface area contributed by atoms with Crippen molar-refractivity contribution in [2.75, 3.05) is 13.1 Å². The summed E-state index contributed by atoms with van der Waals surface area (Å²) in [6, 6.07) is 0. The Morgan fingerprint density at radius 2 is 2.33 bits per heavy atom. The molecule has 1 fully saturated rings. The van der Waals surface area contributed by atoms with E-state index in [0.717, 1.165) is 19.5 Å². The number of rotatable bonds is 2.